The molecule has 0 saturated heterocycles. The molecule has 1 aliphatic carbocycles. The molecule has 1 aliphatic rings. The van der Waals surface area contributed by atoms with Crippen molar-refractivity contribution in [3.63, 3.8) is 0 Å². The lowest BCUT2D eigenvalue weighted by atomic mass is 10.1. The molecule has 0 bridgehead atoms. The lowest BCUT2D eigenvalue weighted by Gasteiger charge is -2.25. The first-order valence-electron chi connectivity index (χ1n) is 6.26. The van der Waals surface area contributed by atoms with E-state index in [1.807, 2.05) is 0 Å². The number of hydrogen-bond acceptors (Lipinski definition) is 1. The van der Waals surface area contributed by atoms with Crippen LogP contribution in [0.4, 0.5) is 5.69 Å². The van der Waals surface area contributed by atoms with Crippen LogP contribution in [0.5, 0.6) is 0 Å². The van der Waals surface area contributed by atoms with E-state index >= 15 is 0 Å². The summed E-state index contributed by atoms with van der Waals surface area (Å²) in [6.45, 7) is 1.19. The van der Waals surface area contributed by atoms with Gasteiger partial charge in [0.1, 0.15) is 0 Å². The summed E-state index contributed by atoms with van der Waals surface area (Å²) in [6, 6.07) is 6.54. The first kappa shape index (κ1) is 13.4. The van der Waals surface area contributed by atoms with Crippen molar-refractivity contribution in [2.75, 3.05) is 18.5 Å². The molecule has 3 heteroatoms. The van der Waals surface area contributed by atoms with E-state index in [1.54, 1.807) is 0 Å². The van der Waals surface area contributed by atoms with E-state index in [4.69, 9.17) is 0 Å². The Balaban J connectivity index is 2.11. The Kier molecular flexibility index (Phi) is 4.92. The molecule has 17 heavy (non-hydrogen) atoms. The van der Waals surface area contributed by atoms with E-state index in [0.717, 1.165) is 15.7 Å². The van der Waals surface area contributed by atoms with E-state index in [1.165, 1.54) is 43.5 Å². The molecule has 1 saturated carbocycles. The van der Waals surface area contributed by atoms with Crippen molar-refractivity contribution in [1.82, 2.24) is 0 Å². The van der Waals surface area contributed by atoms with Gasteiger partial charge in [0, 0.05) is 29.1 Å². The summed E-state index contributed by atoms with van der Waals surface area (Å²) < 4.78 is 1.16. The zero-order chi connectivity index (χ0) is 12.3. The van der Waals surface area contributed by atoms with Gasteiger partial charge in [0.2, 0.25) is 0 Å². The van der Waals surface area contributed by atoms with Crippen LogP contribution in [0, 0.1) is 5.92 Å². The quantitative estimate of drug-likeness (QED) is 0.685. The Hall–Kier alpha value is -0.0200. The maximum absolute atomic E-state index is 3.57. The molecular formula is C14H19Br2N. The van der Waals surface area contributed by atoms with Crippen LogP contribution in [-0.4, -0.2) is 13.6 Å². The fourth-order valence-electron chi connectivity index (χ4n) is 2.68. The van der Waals surface area contributed by atoms with E-state index in [-0.39, 0.29) is 0 Å². The number of alkyl halides is 1. The van der Waals surface area contributed by atoms with Crippen molar-refractivity contribution in [3.8, 4) is 0 Å². The average Bonchev–Trinajstić information content (AvgIpc) is 2.81. The van der Waals surface area contributed by atoms with Crippen LogP contribution in [0.15, 0.2) is 22.7 Å². The highest BCUT2D eigenvalue weighted by Crippen LogP contribution is 2.30. The summed E-state index contributed by atoms with van der Waals surface area (Å²) in [7, 11) is 2.21. The molecule has 0 heterocycles. The van der Waals surface area contributed by atoms with Crippen LogP contribution in [0.3, 0.4) is 0 Å². The molecule has 1 nitrogen and oxygen atoms in total. The first-order valence-corrected chi connectivity index (χ1v) is 8.17. The molecule has 1 fully saturated rings. The third-order valence-electron chi connectivity index (χ3n) is 3.61. The lowest BCUT2D eigenvalue weighted by Crippen LogP contribution is -2.24. The van der Waals surface area contributed by atoms with Gasteiger partial charge in [-0.15, -0.1) is 0 Å². The highest BCUT2D eigenvalue weighted by Gasteiger charge is 2.18. The van der Waals surface area contributed by atoms with Crippen molar-refractivity contribution >= 4 is 37.5 Å². The first-order chi connectivity index (χ1) is 8.20. The fraction of sp³-hybridized carbons (Fsp3) is 0.571. The van der Waals surface area contributed by atoms with Crippen LogP contribution in [0.2, 0.25) is 0 Å². The van der Waals surface area contributed by atoms with E-state index in [2.05, 4.69) is 62.0 Å². The van der Waals surface area contributed by atoms with Gasteiger partial charge < -0.3 is 4.90 Å². The van der Waals surface area contributed by atoms with E-state index in [9.17, 15) is 0 Å². The molecule has 0 aliphatic heterocycles. The van der Waals surface area contributed by atoms with Gasteiger partial charge in [-0.25, -0.2) is 0 Å². The second-order valence-corrected chi connectivity index (χ2v) is 6.41. The minimum Gasteiger partial charge on any atom is -0.374 e. The largest absolute Gasteiger partial charge is 0.374 e. The van der Waals surface area contributed by atoms with Crippen LogP contribution < -0.4 is 4.90 Å². The molecule has 1 aromatic carbocycles. The predicted molar refractivity (Wildman–Crippen MR) is 82.0 cm³/mol. The third kappa shape index (κ3) is 3.47. The second-order valence-electron chi connectivity index (χ2n) is 4.94. The SMILES string of the molecule is CN(CC1CCCC1)c1cc(Br)ccc1CBr. The predicted octanol–water partition coefficient (Wildman–Crippen LogP) is 4.97. The molecule has 0 unspecified atom stereocenters. The van der Waals surface area contributed by atoms with Crippen LogP contribution in [-0.2, 0) is 5.33 Å². The highest BCUT2D eigenvalue weighted by atomic mass is 79.9. The Morgan fingerprint density at radius 2 is 2.00 bits per heavy atom. The zero-order valence-corrected chi connectivity index (χ0v) is 13.4. The fourth-order valence-corrected chi connectivity index (χ4v) is 3.51. The van der Waals surface area contributed by atoms with Crippen molar-refractivity contribution in [2.24, 2.45) is 5.92 Å². The maximum Gasteiger partial charge on any atom is 0.0416 e. The number of nitrogens with zero attached hydrogens (tertiary/aromatic N) is 1. The lowest BCUT2D eigenvalue weighted by molar-refractivity contribution is 0.546. The van der Waals surface area contributed by atoms with Gasteiger partial charge in [-0.1, -0.05) is 50.8 Å². The Bertz CT molecular complexity index is 372. The summed E-state index contributed by atoms with van der Waals surface area (Å²) in [5, 5.41) is 0.921. The van der Waals surface area contributed by atoms with Crippen LogP contribution in [0.25, 0.3) is 0 Å². The molecule has 94 valence electrons. The number of rotatable bonds is 4. The average molecular weight is 361 g/mol. The Morgan fingerprint density at radius 1 is 1.29 bits per heavy atom. The van der Waals surface area contributed by atoms with E-state index < -0.39 is 0 Å². The molecule has 0 N–H and O–H groups in total. The van der Waals surface area contributed by atoms with Crippen molar-refractivity contribution in [3.05, 3.63) is 28.2 Å². The van der Waals surface area contributed by atoms with Crippen molar-refractivity contribution < 1.29 is 0 Å². The molecule has 0 radical (unpaired) electrons. The number of benzene rings is 1. The molecule has 0 amide bonds. The van der Waals surface area contributed by atoms with Crippen molar-refractivity contribution in [1.29, 1.82) is 0 Å². The highest BCUT2D eigenvalue weighted by molar-refractivity contribution is 9.10. The normalized spacial score (nSPS) is 16.4. The van der Waals surface area contributed by atoms with Gasteiger partial charge in [-0.2, -0.15) is 0 Å². The minimum atomic E-state index is 0.891. The van der Waals surface area contributed by atoms with Gasteiger partial charge in [0.25, 0.3) is 0 Å². The zero-order valence-electron chi connectivity index (χ0n) is 10.3. The Labute approximate surface area is 121 Å². The third-order valence-corrected chi connectivity index (χ3v) is 4.71. The minimum absolute atomic E-state index is 0.891. The molecule has 1 aromatic rings. The second kappa shape index (κ2) is 6.24. The number of anilines is 1. The smallest absolute Gasteiger partial charge is 0.0416 e. The van der Waals surface area contributed by atoms with Gasteiger partial charge in [0.15, 0.2) is 0 Å². The number of halogens is 2. The van der Waals surface area contributed by atoms with Gasteiger partial charge >= 0.3 is 0 Å². The monoisotopic (exact) mass is 359 g/mol. The van der Waals surface area contributed by atoms with Crippen molar-refractivity contribution in [2.45, 2.75) is 31.0 Å². The van der Waals surface area contributed by atoms with E-state index in [0.29, 0.717) is 0 Å². The summed E-state index contributed by atoms with van der Waals surface area (Å²) in [6.07, 6.45) is 5.65. The van der Waals surface area contributed by atoms with Gasteiger partial charge in [0.05, 0.1) is 0 Å². The summed E-state index contributed by atoms with van der Waals surface area (Å²) in [4.78, 5) is 2.41. The molecular weight excluding hydrogens is 342 g/mol. The topological polar surface area (TPSA) is 3.24 Å². The van der Waals surface area contributed by atoms with Crippen LogP contribution in [0.1, 0.15) is 31.2 Å². The molecule has 0 spiro atoms. The maximum atomic E-state index is 3.57. The van der Waals surface area contributed by atoms with Gasteiger partial charge in [-0.05, 0) is 36.5 Å². The molecule has 0 aromatic heterocycles. The summed E-state index contributed by atoms with van der Waals surface area (Å²) in [5.41, 5.74) is 2.72. The molecule has 2 rings (SSSR count). The number of hydrogen-bond donors (Lipinski definition) is 0. The molecule has 0 atom stereocenters. The Morgan fingerprint density at radius 3 is 2.65 bits per heavy atom. The standard InChI is InChI=1S/C14H19Br2N/c1-17(10-11-4-2-3-5-11)14-8-13(16)7-6-12(14)9-15/h6-8,11H,2-5,9-10H2,1H3. The summed E-state index contributed by atoms with van der Waals surface area (Å²) >= 11 is 7.14. The van der Waals surface area contributed by atoms with Crippen LogP contribution >= 0.6 is 31.9 Å². The summed E-state index contributed by atoms with van der Waals surface area (Å²) in [5.74, 6) is 0.891. The van der Waals surface area contributed by atoms with Gasteiger partial charge in [-0.3, -0.25) is 0 Å².